The molecule has 2 atom stereocenters. The van der Waals surface area contributed by atoms with Crippen LogP contribution in [0, 0.1) is 5.92 Å². The summed E-state index contributed by atoms with van der Waals surface area (Å²) in [7, 11) is 1.45. The number of ether oxygens (including phenoxy) is 1. The Labute approximate surface area is 90.8 Å². The second kappa shape index (κ2) is 6.33. The predicted molar refractivity (Wildman–Crippen MR) is 60.5 cm³/mol. The Morgan fingerprint density at radius 1 is 1.50 bits per heavy atom. The van der Waals surface area contributed by atoms with Crippen LogP contribution in [0.25, 0.3) is 0 Å². The molecular weight excluding hydrogens is 196 g/mol. The van der Waals surface area contributed by atoms with Gasteiger partial charge in [0.15, 0.2) is 0 Å². The molecule has 0 heterocycles. The van der Waals surface area contributed by atoms with E-state index in [1.807, 2.05) is 11.8 Å². The van der Waals surface area contributed by atoms with Crippen LogP contribution in [0.15, 0.2) is 0 Å². The fourth-order valence-electron chi connectivity index (χ4n) is 1.94. The molecule has 1 saturated carbocycles. The van der Waals surface area contributed by atoms with Gasteiger partial charge in [0.1, 0.15) is 0 Å². The van der Waals surface area contributed by atoms with Crippen LogP contribution in [0.1, 0.15) is 39.0 Å². The van der Waals surface area contributed by atoms with Gasteiger partial charge in [0.05, 0.1) is 13.5 Å². The summed E-state index contributed by atoms with van der Waals surface area (Å²) in [5, 5.41) is 0.781. The lowest BCUT2D eigenvalue weighted by Crippen LogP contribution is -2.16. The van der Waals surface area contributed by atoms with E-state index < -0.39 is 0 Å². The highest BCUT2D eigenvalue weighted by Gasteiger charge is 2.19. The van der Waals surface area contributed by atoms with Crippen LogP contribution in [0.2, 0.25) is 0 Å². The van der Waals surface area contributed by atoms with Crippen LogP contribution in [0.3, 0.4) is 0 Å². The maximum atomic E-state index is 10.9. The first kappa shape index (κ1) is 11.9. The summed E-state index contributed by atoms with van der Waals surface area (Å²) in [4.78, 5) is 10.9. The van der Waals surface area contributed by atoms with Crippen LogP contribution in [-0.2, 0) is 9.53 Å². The monoisotopic (exact) mass is 216 g/mol. The van der Waals surface area contributed by atoms with Crippen molar-refractivity contribution in [3.63, 3.8) is 0 Å². The van der Waals surface area contributed by atoms with Crippen LogP contribution < -0.4 is 0 Å². The minimum absolute atomic E-state index is 0.0821. The lowest BCUT2D eigenvalue weighted by molar-refractivity contribution is -0.140. The van der Waals surface area contributed by atoms with Crippen LogP contribution in [0.5, 0.6) is 0 Å². The Hall–Kier alpha value is -0.180. The smallest absolute Gasteiger partial charge is 0.306 e. The normalized spacial score (nSPS) is 27.3. The Morgan fingerprint density at radius 2 is 2.29 bits per heavy atom. The predicted octanol–water partition coefficient (Wildman–Crippen LogP) is 2.86. The zero-order chi connectivity index (χ0) is 10.4. The highest BCUT2D eigenvalue weighted by atomic mass is 32.2. The van der Waals surface area contributed by atoms with Crippen molar-refractivity contribution in [2.24, 2.45) is 5.92 Å². The molecule has 1 aliphatic rings. The van der Waals surface area contributed by atoms with E-state index in [1.165, 1.54) is 32.8 Å². The maximum Gasteiger partial charge on any atom is 0.306 e. The molecule has 0 radical (unpaired) electrons. The number of esters is 1. The van der Waals surface area contributed by atoms with E-state index in [0.29, 0.717) is 6.42 Å². The lowest BCUT2D eigenvalue weighted by atomic mass is 9.91. The van der Waals surface area contributed by atoms with E-state index in [1.54, 1.807) is 0 Å². The molecule has 0 saturated heterocycles. The van der Waals surface area contributed by atoms with E-state index in [-0.39, 0.29) is 5.97 Å². The topological polar surface area (TPSA) is 26.3 Å². The summed E-state index contributed by atoms with van der Waals surface area (Å²) < 4.78 is 4.61. The van der Waals surface area contributed by atoms with Crippen molar-refractivity contribution in [1.82, 2.24) is 0 Å². The number of hydrogen-bond acceptors (Lipinski definition) is 3. The van der Waals surface area contributed by atoms with E-state index in [4.69, 9.17) is 0 Å². The number of rotatable bonds is 4. The number of carbonyl (C=O) groups is 1. The third kappa shape index (κ3) is 4.36. The average Bonchev–Trinajstić information content (AvgIpc) is 2.17. The summed E-state index contributed by atoms with van der Waals surface area (Å²) in [6.07, 6.45) is 5.96. The van der Waals surface area contributed by atoms with Gasteiger partial charge in [-0.3, -0.25) is 4.79 Å². The Bertz CT molecular complexity index is 182. The molecule has 2 unspecified atom stereocenters. The molecule has 0 bridgehead atoms. The molecule has 1 aliphatic carbocycles. The second-order valence-electron chi connectivity index (χ2n) is 4.09. The quantitative estimate of drug-likeness (QED) is 0.676. The summed E-state index contributed by atoms with van der Waals surface area (Å²) in [5.41, 5.74) is 0. The van der Waals surface area contributed by atoms with Gasteiger partial charge >= 0.3 is 5.97 Å². The number of carbonyl (C=O) groups excluding carboxylic acids is 1. The van der Waals surface area contributed by atoms with Gasteiger partial charge in [-0.25, -0.2) is 0 Å². The van der Waals surface area contributed by atoms with Gasteiger partial charge in [-0.05, 0) is 18.8 Å². The first-order valence-electron chi connectivity index (χ1n) is 5.40. The van der Waals surface area contributed by atoms with Crippen LogP contribution in [0.4, 0.5) is 0 Å². The molecule has 82 valence electrons. The fourth-order valence-corrected chi connectivity index (χ4v) is 3.36. The van der Waals surface area contributed by atoms with Crippen molar-refractivity contribution in [2.75, 3.05) is 12.9 Å². The van der Waals surface area contributed by atoms with E-state index in [2.05, 4.69) is 11.7 Å². The Balaban J connectivity index is 2.08. The zero-order valence-corrected chi connectivity index (χ0v) is 9.94. The molecule has 1 rings (SSSR count). The molecular formula is C11H20O2S. The van der Waals surface area contributed by atoms with Crippen molar-refractivity contribution in [3.05, 3.63) is 0 Å². The zero-order valence-electron chi connectivity index (χ0n) is 9.12. The SMILES string of the molecule is COC(=O)CCSC1CCCC(C)C1. The molecule has 0 spiro atoms. The van der Waals surface area contributed by atoms with Crippen molar-refractivity contribution in [2.45, 2.75) is 44.3 Å². The molecule has 0 aliphatic heterocycles. The minimum Gasteiger partial charge on any atom is -0.469 e. The second-order valence-corrected chi connectivity index (χ2v) is 5.50. The number of hydrogen-bond donors (Lipinski definition) is 0. The largest absolute Gasteiger partial charge is 0.469 e. The van der Waals surface area contributed by atoms with E-state index in [9.17, 15) is 4.79 Å². The molecule has 2 nitrogen and oxygen atoms in total. The van der Waals surface area contributed by atoms with Crippen molar-refractivity contribution >= 4 is 17.7 Å². The molecule has 0 aromatic carbocycles. The molecule has 0 aromatic heterocycles. The highest BCUT2D eigenvalue weighted by Crippen LogP contribution is 2.32. The first-order chi connectivity index (χ1) is 6.72. The maximum absolute atomic E-state index is 10.9. The fraction of sp³-hybridized carbons (Fsp3) is 0.909. The summed E-state index contributed by atoms with van der Waals surface area (Å²) in [6, 6.07) is 0. The van der Waals surface area contributed by atoms with Gasteiger partial charge in [-0.15, -0.1) is 0 Å². The summed E-state index contributed by atoms with van der Waals surface area (Å²) >= 11 is 1.94. The minimum atomic E-state index is -0.0821. The van der Waals surface area contributed by atoms with Gasteiger partial charge in [0.2, 0.25) is 0 Å². The molecule has 14 heavy (non-hydrogen) atoms. The average molecular weight is 216 g/mol. The van der Waals surface area contributed by atoms with Gasteiger partial charge in [-0.2, -0.15) is 11.8 Å². The van der Waals surface area contributed by atoms with Gasteiger partial charge in [0, 0.05) is 11.0 Å². The third-order valence-corrected chi connectivity index (χ3v) is 4.12. The number of methoxy groups -OCH3 is 1. The number of thioether (sulfide) groups is 1. The Morgan fingerprint density at radius 3 is 2.93 bits per heavy atom. The summed E-state index contributed by atoms with van der Waals surface area (Å²) in [5.74, 6) is 1.71. The molecule has 1 fully saturated rings. The van der Waals surface area contributed by atoms with Crippen LogP contribution >= 0.6 is 11.8 Å². The van der Waals surface area contributed by atoms with E-state index >= 15 is 0 Å². The molecule has 0 amide bonds. The van der Waals surface area contributed by atoms with Crippen LogP contribution in [-0.4, -0.2) is 24.1 Å². The van der Waals surface area contributed by atoms with Crippen molar-refractivity contribution < 1.29 is 9.53 Å². The third-order valence-electron chi connectivity index (χ3n) is 2.78. The lowest BCUT2D eigenvalue weighted by Gasteiger charge is -2.25. The first-order valence-corrected chi connectivity index (χ1v) is 6.45. The van der Waals surface area contributed by atoms with E-state index in [0.717, 1.165) is 16.9 Å². The van der Waals surface area contributed by atoms with Gasteiger partial charge in [-0.1, -0.05) is 19.8 Å². The van der Waals surface area contributed by atoms with Crippen molar-refractivity contribution in [1.29, 1.82) is 0 Å². The van der Waals surface area contributed by atoms with Gasteiger partial charge in [0.25, 0.3) is 0 Å². The van der Waals surface area contributed by atoms with Crippen molar-refractivity contribution in [3.8, 4) is 0 Å². The summed E-state index contributed by atoms with van der Waals surface area (Å²) in [6.45, 7) is 2.33. The Kier molecular flexibility index (Phi) is 5.38. The highest BCUT2D eigenvalue weighted by molar-refractivity contribution is 7.99. The van der Waals surface area contributed by atoms with Gasteiger partial charge < -0.3 is 4.74 Å². The molecule has 0 aromatic rings. The molecule has 0 N–H and O–H groups in total. The standard InChI is InChI=1S/C11H20O2S/c1-9-4-3-5-10(8-9)14-7-6-11(12)13-2/h9-10H,3-8H2,1-2H3. The molecule has 3 heteroatoms.